The van der Waals surface area contributed by atoms with Crippen LogP contribution in [0.15, 0.2) is 18.2 Å². The summed E-state index contributed by atoms with van der Waals surface area (Å²) in [5.41, 5.74) is -1.59. The van der Waals surface area contributed by atoms with Crippen molar-refractivity contribution in [1.82, 2.24) is 14.9 Å². The van der Waals surface area contributed by atoms with Crippen molar-refractivity contribution in [3.8, 4) is 17.0 Å². The van der Waals surface area contributed by atoms with E-state index in [1.807, 2.05) is 0 Å². The fourth-order valence-electron chi connectivity index (χ4n) is 4.58. The van der Waals surface area contributed by atoms with Gasteiger partial charge in [-0.25, -0.2) is 18.6 Å². The number of rotatable bonds is 7. The van der Waals surface area contributed by atoms with Crippen molar-refractivity contribution in [2.75, 3.05) is 12.4 Å². The maximum Gasteiger partial charge on any atom is 0.573 e. The minimum Gasteiger partial charge on any atom is -0.444 e. The molecule has 0 radical (unpaired) electrons. The molecule has 1 fully saturated rings. The van der Waals surface area contributed by atoms with E-state index in [1.54, 1.807) is 45.3 Å². The van der Waals surface area contributed by atoms with Crippen molar-refractivity contribution >= 4 is 28.6 Å². The molecule has 1 aliphatic carbocycles. The van der Waals surface area contributed by atoms with Crippen molar-refractivity contribution in [3.63, 3.8) is 0 Å². The predicted molar refractivity (Wildman–Crippen MR) is 142 cm³/mol. The zero-order valence-electron chi connectivity index (χ0n) is 23.4. The Balaban J connectivity index is 1.99. The first-order valence-corrected chi connectivity index (χ1v) is 13.0. The third-order valence-corrected chi connectivity index (χ3v) is 6.28. The number of amides is 2. The standard InChI is InChI=1S/C28H31F5N4O4/c1-13(2)22-17-11-16(12-20(38)34-6)37(15-7-8-15)24(17)21(30)23(36-22)18-9-14(35-26(39)41-27(3,4)5)10-19(29)25(18)40-28(31,32)33/h9-11,13,15H,7-8,12H2,1-6H3,(H,34,38)(H,35,39). The normalized spacial score (nSPS) is 14.0. The van der Waals surface area contributed by atoms with Crippen LogP contribution in [0, 0.1) is 11.6 Å². The largest absolute Gasteiger partial charge is 0.573 e. The Morgan fingerprint density at radius 2 is 1.78 bits per heavy atom. The van der Waals surface area contributed by atoms with Crippen LogP contribution in [0.4, 0.5) is 32.4 Å². The van der Waals surface area contributed by atoms with Gasteiger partial charge in [0.15, 0.2) is 17.4 Å². The van der Waals surface area contributed by atoms with E-state index in [0.717, 1.165) is 6.07 Å². The number of anilines is 1. The van der Waals surface area contributed by atoms with Crippen LogP contribution in [0.1, 0.15) is 70.8 Å². The van der Waals surface area contributed by atoms with E-state index in [0.29, 0.717) is 35.7 Å². The van der Waals surface area contributed by atoms with Gasteiger partial charge in [0.2, 0.25) is 5.91 Å². The summed E-state index contributed by atoms with van der Waals surface area (Å²) in [7, 11) is 1.47. The summed E-state index contributed by atoms with van der Waals surface area (Å²) in [5, 5.41) is 5.20. The van der Waals surface area contributed by atoms with E-state index >= 15 is 8.78 Å². The lowest BCUT2D eigenvalue weighted by Gasteiger charge is -2.21. The molecule has 0 bridgehead atoms. The maximum atomic E-state index is 16.5. The number of fused-ring (bicyclic) bond motifs is 1. The van der Waals surface area contributed by atoms with Gasteiger partial charge in [-0.15, -0.1) is 13.2 Å². The molecule has 1 saturated carbocycles. The van der Waals surface area contributed by atoms with Gasteiger partial charge in [0.1, 0.15) is 11.3 Å². The topological polar surface area (TPSA) is 94.5 Å². The first kappa shape index (κ1) is 30.1. The second kappa shape index (κ2) is 10.8. The SMILES string of the molecule is CNC(=O)Cc1cc2c(C(C)C)nc(-c3cc(NC(=O)OC(C)(C)C)cc(F)c3OC(F)(F)F)c(F)c2n1C1CC1. The molecular formula is C28H31F5N4O4. The molecule has 1 aliphatic rings. The molecule has 222 valence electrons. The molecule has 13 heteroatoms. The third-order valence-electron chi connectivity index (χ3n) is 6.28. The fraction of sp³-hybridized carbons (Fsp3) is 0.464. The van der Waals surface area contributed by atoms with Crippen LogP contribution >= 0.6 is 0 Å². The number of nitrogens with one attached hydrogen (secondary N) is 2. The molecule has 0 aliphatic heterocycles. The zero-order valence-corrected chi connectivity index (χ0v) is 23.4. The molecule has 2 heterocycles. The molecular weight excluding hydrogens is 551 g/mol. The zero-order chi connectivity index (χ0) is 30.4. The molecule has 2 aromatic heterocycles. The van der Waals surface area contributed by atoms with Crippen molar-refractivity contribution < 1.29 is 41.0 Å². The summed E-state index contributed by atoms with van der Waals surface area (Å²) in [5.74, 6) is -4.46. The first-order chi connectivity index (χ1) is 19.0. The van der Waals surface area contributed by atoms with Gasteiger partial charge < -0.3 is 19.4 Å². The Morgan fingerprint density at radius 1 is 1.12 bits per heavy atom. The van der Waals surface area contributed by atoms with Crippen LogP contribution in [-0.2, 0) is 16.0 Å². The van der Waals surface area contributed by atoms with Crippen molar-refractivity contribution in [2.45, 2.75) is 77.8 Å². The monoisotopic (exact) mass is 582 g/mol. The van der Waals surface area contributed by atoms with Crippen LogP contribution in [0.25, 0.3) is 22.2 Å². The second-order valence-corrected chi connectivity index (χ2v) is 11.2. The van der Waals surface area contributed by atoms with Crippen LogP contribution in [0.3, 0.4) is 0 Å². The van der Waals surface area contributed by atoms with Crippen LogP contribution in [0.2, 0.25) is 0 Å². The average molecular weight is 583 g/mol. The lowest BCUT2D eigenvalue weighted by molar-refractivity contribution is -0.275. The Morgan fingerprint density at radius 3 is 2.32 bits per heavy atom. The number of aromatic nitrogens is 2. The number of pyridine rings is 1. The molecule has 3 aromatic rings. The van der Waals surface area contributed by atoms with Gasteiger partial charge in [-0.3, -0.25) is 10.1 Å². The molecule has 4 rings (SSSR count). The van der Waals surface area contributed by atoms with Crippen LogP contribution in [0.5, 0.6) is 5.75 Å². The van der Waals surface area contributed by atoms with Gasteiger partial charge >= 0.3 is 12.5 Å². The summed E-state index contributed by atoms with van der Waals surface area (Å²) < 4.78 is 82.6. The van der Waals surface area contributed by atoms with Crippen molar-refractivity contribution in [3.05, 3.63) is 41.2 Å². The molecule has 0 spiro atoms. The lowest BCUT2D eigenvalue weighted by Crippen LogP contribution is -2.27. The number of nitrogens with zero attached hydrogens (tertiary/aromatic N) is 2. The number of ether oxygens (including phenoxy) is 2. The summed E-state index contributed by atoms with van der Waals surface area (Å²) in [6, 6.07) is 3.10. The number of benzene rings is 1. The van der Waals surface area contributed by atoms with E-state index in [2.05, 4.69) is 20.4 Å². The number of halogens is 5. The van der Waals surface area contributed by atoms with E-state index < -0.39 is 46.7 Å². The molecule has 8 nitrogen and oxygen atoms in total. The molecule has 0 unspecified atom stereocenters. The van der Waals surface area contributed by atoms with Gasteiger partial charge in [0.25, 0.3) is 0 Å². The third kappa shape index (κ3) is 6.71. The highest BCUT2D eigenvalue weighted by atomic mass is 19.4. The Labute approximate surface area is 233 Å². The van der Waals surface area contributed by atoms with Gasteiger partial charge in [0, 0.05) is 35.9 Å². The lowest BCUT2D eigenvalue weighted by atomic mass is 10.0. The number of hydrogen-bond donors (Lipinski definition) is 2. The van der Waals surface area contributed by atoms with Gasteiger partial charge in [-0.1, -0.05) is 13.8 Å². The number of hydrogen-bond acceptors (Lipinski definition) is 5. The quantitative estimate of drug-likeness (QED) is 0.294. The maximum absolute atomic E-state index is 16.5. The van der Waals surface area contributed by atoms with Crippen molar-refractivity contribution in [2.24, 2.45) is 0 Å². The van der Waals surface area contributed by atoms with E-state index in [4.69, 9.17) is 4.74 Å². The number of carbonyl (C=O) groups is 2. The van der Waals surface area contributed by atoms with E-state index in [9.17, 15) is 22.8 Å². The Kier molecular flexibility index (Phi) is 7.94. The van der Waals surface area contributed by atoms with Crippen molar-refractivity contribution in [1.29, 1.82) is 0 Å². The predicted octanol–water partition coefficient (Wildman–Crippen LogP) is 6.97. The van der Waals surface area contributed by atoms with Gasteiger partial charge in [-0.05, 0) is 51.7 Å². The minimum atomic E-state index is -5.31. The average Bonchev–Trinajstić information content (AvgIpc) is 3.59. The fourth-order valence-corrected chi connectivity index (χ4v) is 4.58. The molecule has 41 heavy (non-hydrogen) atoms. The van der Waals surface area contributed by atoms with E-state index in [-0.39, 0.29) is 35.5 Å². The Hall–Kier alpha value is -3.90. The van der Waals surface area contributed by atoms with Crippen LogP contribution < -0.4 is 15.4 Å². The number of likely N-dealkylation sites (N-methyl/N-ethyl adjacent to an activating group) is 1. The summed E-state index contributed by atoms with van der Waals surface area (Å²) in [4.78, 5) is 28.9. The van der Waals surface area contributed by atoms with E-state index in [1.165, 1.54) is 7.05 Å². The smallest absolute Gasteiger partial charge is 0.444 e. The van der Waals surface area contributed by atoms with Crippen LogP contribution in [-0.4, -0.2) is 40.6 Å². The molecule has 0 atom stereocenters. The van der Waals surface area contributed by atoms with Gasteiger partial charge in [-0.2, -0.15) is 0 Å². The summed E-state index contributed by atoms with van der Waals surface area (Å²) in [6.45, 7) is 8.31. The minimum absolute atomic E-state index is 0.0453. The first-order valence-electron chi connectivity index (χ1n) is 13.0. The molecule has 2 N–H and O–H groups in total. The number of carbonyl (C=O) groups excluding carboxylic acids is 2. The molecule has 2 amide bonds. The van der Waals surface area contributed by atoms with Gasteiger partial charge in [0.05, 0.1) is 23.2 Å². The highest BCUT2D eigenvalue weighted by molar-refractivity contribution is 5.92. The summed E-state index contributed by atoms with van der Waals surface area (Å²) >= 11 is 0. The Bertz CT molecular complexity index is 1500. The molecule has 1 aromatic carbocycles. The second-order valence-electron chi connectivity index (χ2n) is 11.2. The highest BCUT2D eigenvalue weighted by Crippen LogP contribution is 2.45. The number of alkyl halides is 3. The molecule has 0 saturated heterocycles. The summed E-state index contributed by atoms with van der Waals surface area (Å²) in [6.07, 6.45) is -4.94. The highest BCUT2D eigenvalue weighted by Gasteiger charge is 2.37.